The van der Waals surface area contributed by atoms with Crippen molar-refractivity contribution in [3.63, 3.8) is 0 Å². The number of carbonyl (C=O) groups is 1. The van der Waals surface area contributed by atoms with Gasteiger partial charge in [0, 0.05) is 18.0 Å². The van der Waals surface area contributed by atoms with Gasteiger partial charge in [-0.2, -0.15) is 0 Å². The summed E-state index contributed by atoms with van der Waals surface area (Å²) in [5, 5.41) is 0. The molecule has 7 fully saturated rings. The van der Waals surface area contributed by atoms with Crippen LogP contribution in [0, 0.1) is 52.3 Å². The number of halogens is 1. The van der Waals surface area contributed by atoms with Crippen LogP contribution in [-0.2, 0) is 4.79 Å². The minimum absolute atomic E-state index is 0.0666. The lowest BCUT2D eigenvalue weighted by Crippen LogP contribution is -2.67. The fourth-order valence-electron chi connectivity index (χ4n) is 11.4. The van der Waals surface area contributed by atoms with E-state index >= 15 is 0 Å². The first-order valence-electron chi connectivity index (χ1n) is 13.8. The normalized spacial score (nSPS) is 59.4. The van der Waals surface area contributed by atoms with Crippen LogP contribution in [-0.4, -0.2) is 29.1 Å². The second-order valence-corrected chi connectivity index (χ2v) is 13.7. The van der Waals surface area contributed by atoms with Crippen LogP contribution in [0.2, 0.25) is 0 Å². The van der Waals surface area contributed by atoms with Crippen LogP contribution in [0.15, 0.2) is 0 Å². The summed E-state index contributed by atoms with van der Waals surface area (Å²) in [5.41, 5.74) is 1.22. The van der Waals surface area contributed by atoms with Crippen LogP contribution in [0.1, 0.15) is 97.3 Å². The fraction of sp³-hybridized carbons (Fsp3) is 0.964. The molecule has 1 saturated heterocycles. The van der Waals surface area contributed by atoms with Crippen molar-refractivity contribution in [3.8, 4) is 0 Å². The van der Waals surface area contributed by atoms with Gasteiger partial charge in [0.25, 0.3) is 0 Å². The lowest BCUT2D eigenvalue weighted by atomic mass is 9.41. The Morgan fingerprint density at radius 3 is 2.48 bits per heavy atom. The number of nitrogens with zero attached hydrogens (tertiary/aromatic N) is 1. The summed E-state index contributed by atoms with van der Waals surface area (Å²) in [5.74, 6) is 5.73. The summed E-state index contributed by atoms with van der Waals surface area (Å²) >= 11 is 0. The van der Waals surface area contributed by atoms with Crippen molar-refractivity contribution >= 4 is 5.91 Å². The zero-order chi connectivity index (χ0) is 21.2. The van der Waals surface area contributed by atoms with Crippen LogP contribution in [0.25, 0.3) is 0 Å². The smallest absolute Gasteiger partial charge is 0.226 e. The lowest BCUT2D eigenvalue weighted by molar-refractivity contribution is -0.184. The first-order valence-corrected chi connectivity index (χ1v) is 13.8. The average Bonchev–Trinajstić information content (AvgIpc) is 3.52. The van der Waals surface area contributed by atoms with Crippen molar-refractivity contribution in [3.05, 3.63) is 0 Å². The molecule has 7 rings (SSSR count). The third-order valence-corrected chi connectivity index (χ3v) is 12.9. The van der Waals surface area contributed by atoms with E-state index in [0.717, 1.165) is 54.9 Å². The maximum absolute atomic E-state index is 13.9. The monoisotopic (exact) mass is 427 g/mol. The standard InChI is InChI=1S/C28H42FNO/c1-26-11-3-4-18-15-28(26)13-12-27(2)24(23(28)10-9-22(18)26)21-14-19(21)16-30(27)25(31)17-5-7-20(29)8-6-17/h17-24H,3-16H2,1-2H3. The Hall–Kier alpha value is -0.600. The molecule has 2 nitrogen and oxygen atoms in total. The number of piperidine rings is 1. The van der Waals surface area contributed by atoms with Crippen LogP contribution < -0.4 is 0 Å². The second kappa shape index (κ2) is 6.29. The summed E-state index contributed by atoms with van der Waals surface area (Å²) in [7, 11) is 0. The highest BCUT2D eigenvalue weighted by Crippen LogP contribution is 2.79. The Balaban J connectivity index is 1.23. The number of alkyl halides is 1. The molecule has 4 bridgehead atoms. The van der Waals surface area contributed by atoms with E-state index in [-0.39, 0.29) is 11.5 Å². The van der Waals surface area contributed by atoms with E-state index in [9.17, 15) is 9.18 Å². The topological polar surface area (TPSA) is 20.3 Å². The molecule has 9 unspecified atom stereocenters. The van der Waals surface area contributed by atoms with Gasteiger partial charge in [0.1, 0.15) is 6.17 Å². The molecule has 1 amide bonds. The molecular formula is C28H42FNO. The van der Waals surface area contributed by atoms with Crippen LogP contribution >= 0.6 is 0 Å². The number of carbonyl (C=O) groups excluding carboxylic acids is 1. The first-order chi connectivity index (χ1) is 14.9. The van der Waals surface area contributed by atoms with Gasteiger partial charge in [0.2, 0.25) is 5.91 Å². The van der Waals surface area contributed by atoms with Crippen molar-refractivity contribution in [2.75, 3.05) is 6.54 Å². The van der Waals surface area contributed by atoms with E-state index in [0.29, 0.717) is 29.6 Å². The Morgan fingerprint density at radius 1 is 0.903 bits per heavy atom. The molecule has 0 aromatic rings. The molecule has 0 radical (unpaired) electrons. The first kappa shape index (κ1) is 19.8. The maximum atomic E-state index is 13.9. The maximum Gasteiger partial charge on any atom is 0.226 e. The fourth-order valence-corrected chi connectivity index (χ4v) is 11.4. The molecule has 3 heteroatoms. The number of likely N-dealkylation sites (tertiary alicyclic amines) is 1. The largest absolute Gasteiger partial charge is 0.336 e. The molecule has 1 spiro atoms. The van der Waals surface area contributed by atoms with Gasteiger partial charge < -0.3 is 4.90 Å². The van der Waals surface area contributed by atoms with Crippen molar-refractivity contribution in [1.29, 1.82) is 0 Å². The van der Waals surface area contributed by atoms with Gasteiger partial charge in [-0.15, -0.1) is 0 Å². The zero-order valence-electron chi connectivity index (χ0n) is 19.8. The molecule has 6 saturated carbocycles. The highest BCUT2D eigenvalue weighted by atomic mass is 19.1. The number of hydrogen-bond acceptors (Lipinski definition) is 1. The summed E-state index contributed by atoms with van der Waals surface area (Å²) in [6, 6.07) is 0. The highest BCUT2D eigenvalue weighted by molar-refractivity contribution is 5.80. The van der Waals surface area contributed by atoms with Crippen molar-refractivity contribution in [2.45, 2.75) is 109 Å². The highest BCUT2D eigenvalue weighted by Gasteiger charge is 2.74. The van der Waals surface area contributed by atoms with Gasteiger partial charge in [0.15, 0.2) is 0 Å². The third kappa shape index (κ3) is 2.38. The number of amides is 1. The van der Waals surface area contributed by atoms with E-state index in [1.807, 2.05) is 0 Å². The van der Waals surface area contributed by atoms with Crippen molar-refractivity contribution in [1.82, 2.24) is 4.90 Å². The molecule has 1 aliphatic heterocycles. The van der Waals surface area contributed by atoms with E-state index in [1.165, 1.54) is 57.8 Å². The van der Waals surface area contributed by atoms with Crippen molar-refractivity contribution in [2.24, 2.45) is 52.3 Å². The van der Waals surface area contributed by atoms with Crippen LogP contribution in [0.4, 0.5) is 4.39 Å². The van der Waals surface area contributed by atoms with Gasteiger partial charge in [0.05, 0.1) is 0 Å². The third-order valence-electron chi connectivity index (χ3n) is 12.9. The Labute approximate surface area is 188 Å². The summed E-state index contributed by atoms with van der Waals surface area (Å²) in [6.45, 7) is 6.21. The zero-order valence-corrected chi connectivity index (χ0v) is 19.8. The van der Waals surface area contributed by atoms with Gasteiger partial charge >= 0.3 is 0 Å². The number of rotatable bonds is 1. The Morgan fingerprint density at radius 2 is 1.68 bits per heavy atom. The quantitative estimate of drug-likeness (QED) is 0.475. The molecule has 0 N–H and O–H groups in total. The van der Waals surface area contributed by atoms with Gasteiger partial charge in [-0.3, -0.25) is 4.79 Å². The minimum atomic E-state index is -0.672. The summed E-state index contributed by atoms with van der Waals surface area (Å²) in [4.78, 5) is 16.3. The van der Waals surface area contributed by atoms with Crippen LogP contribution in [0.5, 0.6) is 0 Å². The lowest BCUT2D eigenvalue weighted by Gasteiger charge is -2.66. The predicted octanol–water partition coefficient (Wildman–Crippen LogP) is 6.38. The second-order valence-electron chi connectivity index (χ2n) is 13.7. The average molecular weight is 428 g/mol. The predicted molar refractivity (Wildman–Crippen MR) is 120 cm³/mol. The number of hydrogen-bond donors (Lipinski definition) is 0. The van der Waals surface area contributed by atoms with Crippen molar-refractivity contribution < 1.29 is 9.18 Å². The van der Waals surface area contributed by atoms with E-state index in [4.69, 9.17) is 0 Å². The van der Waals surface area contributed by atoms with E-state index in [2.05, 4.69) is 18.7 Å². The molecule has 31 heavy (non-hydrogen) atoms. The van der Waals surface area contributed by atoms with E-state index < -0.39 is 6.17 Å². The van der Waals surface area contributed by atoms with Gasteiger partial charge in [-0.25, -0.2) is 4.39 Å². The number of fused-ring (bicyclic) bond motifs is 4. The molecule has 1 heterocycles. The molecule has 0 aromatic heterocycles. The van der Waals surface area contributed by atoms with E-state index in [1.54, 1.807) is 0 Å². The molecule has 0 aromatic carbocycles. The molecule has 172 valence electrons. The SMILES string of the molecule is CC12CCC34CC5CCCC3(C)C5CCC4C1C1CC1CN2C(=O)C1CCC(F)CC1. The Bertz CT molecular complexity index is 790. The van der Waals surface area contributed by atoms with Crippen LogP contribution in [0.3, 0.4) is 0 Å². The molecular weight excluding hydrogens is 385 g/mol. The molecule has 6 aliphatic carbocycles. The molecule has 7 aliphatic rings. The van der Waals surface area contributed by atoms with Gasteiger partial charge in [-0.1, -0.05) is 19.8 Å². The summed E-state index contributed by atoms with van der Waals surface area (Å²) in [6.07, 6.45) is 14.9. The summed E-state index contributed by atoms with van der Waals surface area (Å²) < 4.78 is 13.8. The Kier molecular flexibility index (Phi) is 4.02. The van der Waals surface area contributed by atoms with Gasteiger partial charge in [-0.05, 0) is 124 Å². The molecule has 9 atom stereocenters. The minimum Gasteiger partial charge on any atom is -0.336 e.